The molecule has 0 aliphatic rings. The van der Waals surface area contributed by atoms with Crippen LogP contribution in [-0.4, -0.2) is 24.5 Å². The number of unbranched alkanes of at least 4 members (excludes halogenated alkanes) is 1. The lowest BCUT2D eigenvalue weighted by Gasteiger charge is -2.15. The molecule has 0 heterocycles. The van der Waals surface area contributed by atoms with Crippen molar-refractivity contribution in [3.8, 4) is 0 Å². The third-order valence-electron chi connectivity index (χ3n) is 1.86. The normalized spacial score (nSPS) is 12.6. The van der Waals surface area contributed by atoms with E-state index >= 15 is 0 Å². The van der Waals surface area contributed by atoms with Crippen LogP contribution in [0, 0.1) is 0 Å². The zero-order valence-corrected chi connectivity index (χ0v) is 9.47. The number of nitrogens with one attached hydrogen (secondary N) is 2. The highest BCUT2D eigenvalue weighted by molar-refractivity contribution is 5.81. The molecule has 3 heteroatoms. The molecule has 1 amide bonds. The summed E-state index contributed by atoms with van der Waals surface area (Å²) in [6.45, 7) is 10.3. The second kappa shape index (κ2) is 7.56. The van der Waals surface area contributed by atoms with Crippen molar-refractivity contribution in [3.63, 3.8) is 0 Å². The third kappa shape index (κ3) is 6.66. The molecule has 0 saturated carbocycles. The van der Waals surface area contributed by atoms with E-state index < -0.39 is 0 Å². The number of allylic oxidation sites excluding steroid dienone is 1. The second-order valence-corrected chi connectivity index (χ2v) is 3.77. The van der Waals surface area contributed by atoms with Crippen LogP contribution in [0.15, 0.2) is 12.7 Å². The van der Waals surface area contributed by atoms with Crippen LogP contribution in [0.25, 0.3) is 0 Å². The fourth-order valence-corrected chi connectivity index (χ4v) is 1.07. The molecule has 0 aromatic heterocycles. The Balaban J connectivity index is 3.56. The first kappa shape index (κ1) is 13.2. The van der Waals surface area contributed by atoms with E-state index in [0.717, 1.165) is 19.4 Å². The minimum absolute atomic E-state index is 0.0682. The van der Waals surface area contributed by atoms with Gasteiger partial charge in [0.15, 0.2) is 0 Å². The summed E-state index contributed by atoms with van der Waals surface area (Å²) in [5.74, 6) is 0.0682. The van der Waals surface area contributed by atoms with Crippen LogP contribution < -0.4 is 10.6 Å². The fourth-order valence-electron chi connectivity index (χ4n) is 1.07. The van der Waals surface area contributed by atoms with E-state index in [9.17, 15) is 4.79 Å². The number of hydrogen-bond donors (Lipinski definition) is 2. The number of rotatable bonds is 7. The van der Waals surface area contributed by atoms with E-state index in [1.54, 1.807) is 0 Å². The summed E-state index contributed by atoms with van der Waals surface area (Å²) < 4.78 is 0. The summed E-state index contributed by atoms with van der Waals surface area (Å²) in [7, 11) is 0. The van der Waals surface area contributed by atoms with Crippen molar-refractivity contribution in [2.45, 2.75) is 45.7 Å². The average molecular weight is 198 g/mol. The predicted octanol–water partition coefficient (Wildman–Crippen LogP) is 1.46. The first-order chi connectivity index (χ1) is 6.57. The quantitative estimate of drug-likeness (QED) is 0.480. The van der Waals surface area contributed by atoms with E-state index in [1.807, 2.05) is 26.8 Å². The Morgan fingerprint density at radius 1 is 1.43 bits per heavy atom. The highest BCUT2D eigenvalue weighted by Crippen LogP contribution is 1.89. The van der Waals surface area contributed by atoms with Gasteiger partial charge in [0, 0.05) is 6.04 Å². The number of hydrogen-bond acceptors (Lipinski definition) is 2. The molecule has 14 heavy (non-hydrogen) atoms. The summed E-state index contributed by atoms with van der Waals surface area (Å²) in [4.78, 5) is 11.4. The van der Waals surface area contributed by atoms with Gasteiger partial charge < -0.3 is 10.6 Å². The van der Waals surface area contributed by atoms with Crippen LogP contribution in [0.5, 0.6) is 0 Å². The maximum absolute atomic E-state index is 11.4. The van der Waals surface area contributed by atoms with Gasteiger partial charge in [0.25, 0.3) is 0 Å². The van der Waals surface area contributed by atoms with Crippen LogP contribution in [0.2, 0.25) is 0 Å². The summed E-state index contributed by atoms with van der Waals surface area (Å²) in [6, 6.07) is 0.0992. The lowest BCUT2D eigenvalue weighted by Crippen LogP contribution is -2.44. The van der Waals surface area contributed by atoms with Crippen LogP contribution in [0.1, 0.15) is 33.6 Å². The standard InChI is InChI=1S/C11H22N2O/c1-5-6-7-8-12-10(4)11(14)13-9(2)3/h5,9-10,12H,1,6-8H2,2-4H3,(H,13,14). The Bertz CT molecular complexity index is 178. The van der Waals surface area contributed by atoms with E-state index in [-0.39, 0.29) is 18.0 Å². The fraction of sp³-hybridized carbons (Fsp3) is 0.727. The smallest absolute Gasteiger partial charge is 0.237 e. The number of carbonyl (C=O) groups excluding carboxylic acids is 1. The Hall–Kier alpha value is -0.830. The lowest BCUT2D eigenvalue weighted by atomic mass is 10.2. The van der Waals surface area contributed by atoms with Crippen molar-refractivity contribution >= 4 is 5.91 Å². The van der Waals surface area contributed by atoms with Crippen LogP contribution >= 0.6 is 0 Å². The maximum Gasteiger partial charge on any atom is 0.237 e. The van der Waals surface area contributed by atoms with Crippen molar-refractivity contribution in [2.75, 3.05) is 6.54 Å². The van der Waals surface area contributed by atoms with Gasteiger partial charge >= 0.3 is 0 Å². The van der Waals surface area contributed by atoms with Gasteiger partial charge in [-0.05, 0) is 40.2 Å². The average Bonchev–Trinajstić information content (AvgIpc) is 2.11. The monoisotopic (exact) mass is 198 g/mol. The molecule has 1 unspecified atom stereocenters. The molecule has 3 nitrogen and oxygen atoms in total. The third-order valence-corrected chi connectivity index (χ3v) is 1.86. The van der Waals surface area contributed by atoms with Crippen LogP contribution in [0.3, 0.4) is 0 Å². The van der Waals surface area contributed by atoms with Crippen molar-refractivity contribution in [1.29, 1.82) is 0 Å². The SMILES string of the molecule is C=CCCCNC(C)C(=O)NC(C)C. The zero-order chi connectivity index (χ0) is 11.0. The van der Waals surface area contributed by atoms with Gasteiger partial charge in [-0.2, -0.15) is 0 Å². The van der Waals surface area contributed by atoms with Gasteiger partial charge in [-0.15, -0.1) is 6.58 Å². The molecule has 0 radical (unpaired) electrons. The zero-order valence-electron chi connectivity index (χ0n) is 9.47. The van der Waals surface area contributed by atoms with E-state index in [4.69, 9.17) is 0 Å². The summed E-state index contributed by atoms with van der Waals surface area (Å²) in [5, 5.41) is 6.02. The maximum atomic E-state index is 11.4. The van der Waals surface area contributed by atoms with Crippen molar-refractivity contribution in [3.05, 3.63) is 12.7 Å². The lowest BCUT2D eigenvalue weighted by molar-refractivity contribution is -0.123. The highest BCUT2D eigenvalue weighted by atomic mass is 16.2. The van der Waals surface area contributed by atoms with E-state index in [0.29, 0.717) is 0 Å². The minimum Gasteiger partial charge on any atom is -0.353 e. The number of amides is 1. The van der Waals surface area contributed by atoms with Gasteiger partial charge in [-0.3, -0.25) is 4.79 Å². The molecular formula is C11H22N2O. The summed E-state index contributed by atoms with van der Waals surface area (Å²) >= 11 is 0. The van der Waals surface area contributed by atoms with E-state index in [1.165, 1.54) is 0 Å². The molecule has 0 fully saturated rings. The van der Waals surface area contributed by atoms with Gasteiger partial charge in [-0.1, -0.05) is 6.08 Å². The molecule has 0 saturated heterocycles. The van der Waals surface area contributed by atoms with Gasteiger partial charge in [0.05, 0.1) is 6.04 Å². The Morgan fingerprint density at radius 2 is 2.07 bits per heavy atom. The van der Waals surface area contributed by atoms with Gasteiger partial charge in [-0.25, -0.2) is 0 Å². The molecule has 0 spiro atoms. The molecule has 0 aromatic rings. The largest absolute Gasteiger partial charge is 0.353 e. The first-order valence-electron chi connectivity index (χ1n) is 5.22. The van der Waals surface area contributed by atoms with Crippen molar-refractivity contribution in [1.82, 2.24) is 10.6 Å². The van der Waals surface area contributed by atoms with E-state index in [2.05, 4.69) is 17.2 Å². The summed E-state index contributed by atoms with van der Waals surface area (Å²) in [5.41, 5.74) is 0. The van der Waals surface area contributed by atoms with Gasteiger partial charge in [0.2, 0.25) is 5.91 Å². The van der Waals surface area contributed by atoms with Crippen molar-refractivity contribution in [2.24, 2.45) is 0 Å². The summed E-state index contributed by atoms with van der Waals surface area (Å²) in [6.07, 6.45) is 3.91. The Kier molecular flexibility index (Phi) is 7.11. The molecule has 0 bridgehead atoms. The molecule has 0 aliphatic carbocycles. The molecule has 0 aromatic carbocycles. The molecular weight excluding hydrogens is 176 g/mol. The Morgan fingerprint density at radius 3 is 2.57 bits per heavy atom. The Labute approximate surface area is 87.0 Å². The predicted molar refractivity (Wildman–Crippen MR) is 60.2 cm³/mol. The first-order valence-corrected chi connectivity index (χ1v) is 5.22. The highest BCUT2D eigenvalue weighted by Gasteiger charge is 2.11. The van der Waals surface area contributed by atoms with Gasteiger partial charge in [0.1, 0.15) is 0 Å². The topological polar surface area (TPSA) is 41.1 Å². The molecule has 0 aliphatic heterocycles. The molecule has 2 N–H and O–H groups in total. The minimum atomic E-state index is -0.109. The van der Waals surface area contributed by atoms with Crippen LogP contribution in [-0.2, 0) is 4.79 Å². The molecule has 82 valence electrons. The number of carbonyl (C=O) groups is 1. The van der Waals surface area contributed by atoms with Crippen LogP contribution in [0.4, 0.5) is 0 Å². The molecule has 1 atom stereocenters. The second-order valence-electron chi connectivity index (χ2n) is 3.77. The molecule has 0 rings (SSSR count). The van der Waals surface area contributed by atoms with Crippen molar-refractivity contribution < 1.29 is 4.79 Å².